The minimum absolute atomic E-state index is 0.0333. The quantitative estimate of drug-likeness (QED) is 0.846. The molecule has 0 saturated carbocycles. The van der Waals surface area contributed by atoms with Crippen LogP contribution in [0.1, 0.15) is 23.2 Å². The van der Waals surface area contributed by atoms with Crippen molar-refractivity contribution in [3.8, 4) is 0 Å². The summed E-state index contributed by atoms with van der Waals surface area (Å²) in [5.41, 5.74) is -0.975. The first-order valence-electron chi connectivity index (χ1n) is 6.50. The third-order valence-corrected chi connectivity index (χ3v) is 3.45. The van der Waals surface area contributed by atoms with E-state index in [0.717, 1.165) is 4.68 Å². The predicted molar refractivity (Wildman–Crippen MR) is 73.1 cm³/mol. The van der Waals surface area contributed by atoms with Gasteiger partial charge in [0.25, 0.3) is 0 Å². The van der Waals surface area contributed by atoms with Crippen LogP contribution in [-0.4, -0.2) is 21.5 Å². The summed E-state index contributed by atoms with van der Waals surface area (Å²) in [5, 5.41) is 12.4. The van der Waals surface area contributed by atoms with Gasteiger partial charge in [-0.25, -0.2) is 4.39 Å². The van der Waals surface area contributed by atoms with Crippen LogP contribution in [0.2, 0.25) is 5.02 Å². The van der Waals surface area contributed by atoms with E-state index in [4.69, 9.17) is 16.7 Å². The largest absolute Gasteiger partial charge is 0.435 e. The summed E-state index contributed by atoms with van der Waals surface area (Å²) in [4.78, 5) is 0. The van der Waals surface area contributed by atoms with Crippen molar-refractivity contribution in [2.45, 2.75) is 25.6 Å². The molecule has 1 aromatic heterocycles. The van der Waals surface area contributed by atoms with Gasteiger partial charge in [0, 0.05) is 29.0 Å². The fourth-order valence-electron chi connectivity index (χ4n) is 2.08. The predicted octanol–water partition coefficient (Wildman–Crippen LogP) is 3.67. The number of aryl methyl sites for hydroxylation is 1. The molecule has 0 unspecified atom stereocenters. The molecule has 120 valence electrons. The van der Waals surface area contributed by atoms with E-state index in [2.05, 4.69) is 5.10 Å². The van der Waals surface area contributed by atoms with Crippen molar-refractivity contribution in [1.29, 1.82) is 0 Å². The number of aliphatic hydroxyl groups excluding tert-OH is 1. The van der Waals surface area contributed by atoms with Gasteiger partial charge in [-0.05, 0) is 25.0 Å². The van der Waals surface area contributed by atoms with Crippen LogP contribution in [-0.2, 0) is 19.1 Å². The van der Waals surface area contributed by atoms with E-state index in [-0.39, 0.29) is 42.1 Å². The first-order valence-corrected chi connectivity index (χ1v) is 6.88. The van der Waals surface area contributed by atoms with Gasteiger partial charge in [0.05, 0.1) is 6.54 Å². The van der Waals surface area contributed by atoms with Crippen molar-refractivity contribution in [1.82, 2.24) is 9.78 Å². The summed E-state index contributed by atoms with van der Waals surface area (Å²) >= 11 is 5.86. The van der Waals surface area contributed by atoms with Crippen LogP contribution in [0.3, 0.4) is 0 Å². The minimum Gasteiger partial charge on any atom is -0.396 e. The van der Waals surface area contributed by atoms with Crippen LogP contribution < -0.4 is 0 Å². The second kappa shape index (κ2) is 6.66. The molecule has 0 amide bonds. The highest BCUT2D eigenvalue weighted by atomic mass is 35.5. The molecule has 8 heteroatoms. The Morgan fingerprint density at radius 1 is 1.27 bits per heavy atom. The molecule has 22 heavy (non-hydrogen) atoms. The zero-order valence-corrected chi connectivity index (χ0v) is 12.1. The van der Waals surface area contributed by atoms with Crippen LogP contribution in [0, 0.1) is 5.82 Å². The van der Waals surface area contributed by atoms with E-state index in [1.165, 1.54) is 24.4 Å². The Morgan fingerprint density at radius 3 is 2.59 bits per heavy atom. The van der Waals surface area contributed by atoms with Crippen LogP contribution in [0.15, 0.2) is 24.4 Å². The van der Waals surface area contributed by atoms with Gasteiger partial charge in [0.15, 0.2) is 5.69 Å². The maximum atomic E-state index is 13.7. The smallest absolute Gasteiger partial charge is 0.396 e. The highest BCUT2D eigenvalue weighted by Gasteiger charge is 2.36. The molecule has 0 fully saturated rings. The molecule has 1 aromatic carbocycles. The highest BCUT2D eigenvalue weighted by Crippen LogP contribution is 2.31. The topological polar surface area (TPSA) is 38.0 Å². The number of hydrogen-bond donors (Lipinski definition) is 1. The number of hydrogen-bond acceptors (Lipinski definition) is 2. The van der Waals surface area contributed by atoms with Gasteiger partial charge < -0.3 is 5.11 Å². The van der Waals surface area contributed by atoms with Crippen LogP contribution in [0.5, 0.6) is 0 Å². The highest BCUT2D eigenvalue weighted by molar-refractivity contribution is 6.31. The van der Waals surface area contributed by atoms with E-state index in [1.807, 2.05) is 0 Å². The molecular formula is C14H13ClF4N2O. The van der Waals surface area contributed by atoms with E-state index >= 15 is 0 Å². The number of rotatable bonds is 5. The number of aliphatic hydroxyl groups is 1. The molecule has 0 aliphatic carbocycles. The summed E-state index contributed by atoms with van der Waals surface area (Å²) in [6, 6.07) is 4.06. The van der Waals surface area contributed by atoms with Gasteiger partial charge in [-0.3, -0.25) is 4.68 Å². The van der Waals surface area contributed by atoms with Crippen molar-refractivity contribution in [3.05, 3.63) is 52.1 Å². The van der Waals surface area contributed by atoms with Crippen molar-refractivity contribution >= 4 is 11.6 Å². The minimum atomic E-state index is -4.60. The van der Waals surface area contributed by atoms with Crippen molar-refractivity contribution in [3.63, 3.8) is 0 Å². The molecule has 0 bridgehead atoms. The molecule has 2 rings (SSSR count). The Bertz CT molecular complexity index is 635. The summed E-state index contributed by atoms with van der Waals surface area (Å²) in [5.74, 6) is -0.603. The van der Waals surface area contributed by atoms with Gasteiger partial charge in [-0.1, -0.05) is 17.7 Å². The maximum absolute atomic E-state index is 13.7. The summed E-state index contributed by atoms with van der Waals surface area (Å²) in [6.07, 6.45) is -3.16. The third kappa shape index (κ3) is 3.78. The lowest BCUT2D eigenvalue weighted by molar-refractivity contribution is -0.142. The summed E-state index contributed by atoms with van der Waals surface area (Å²) in [6.45, 7) is -0.421. The van der Waals surface area contributed by atoms with E-state index < -0.39 is 17.7 Å². The van der Waals surface area contributed by atoms with Crippen LogP contribution in [0.4, 0.5) is 17.6 Å². The fraction of sp³-hybridized carbons (Fsp3) is 0.357. The Balaban J connectivity index is 2.34. The van der Waals surface area contributed by atoms with E-state index in [1.54, 1.807) is 0 Å². The van der Waals surface area contributed by atoms with Gasteiger partial charge in [-0.15, -0.1) is 0 Å². The lowest BCUT2D eigenvalue weighted by Crippen LogP contribution is -2.11. The number of nitrogens with zero attached hydrogens (tertiary/aromatic N) is 2. The number of benzene rings is 1. The SMILES string of the molecule is OCCCc1cn(Cc2c(F)cccc2Cl)nc1C(F)(F)F. The molecule has 0 saturated heterocycles. The van der Waals surface area contributed by atoms with Gasteiger partial charge in [-0.2, -0.15) is 18.3 Å². The monoisotopic (exact) mass is 336 g/mol. The Morgan fingerprint density at radius 2 is 2.00 bits per heavy atom. The number of alkyl halides is 3. The average Bonchev–Trinajstić information content (AvgIpc) is 2.84. The van der Waals surface area contributed by atoms with E-state index in [0.29, 0.717) is 0 Å². The lowest BCUT2D eigenvalue weighted by atomic mass is 10.1. The van der Waals surface area contributed by atoms with Gasteiger partial charge >= 0.3 is 6.18 Å². The van der Waals surface area contributed by atoms with Crippen LogP contribution in [0.25, 0.3) is 0 Å². The molecule has 1 heterocycles. The average molecular weight is 337 g/mol. The molecule has 0 spiro atoms. The Labute approximate surface area is 129 Å². The molecule has 0 radical (unpaired) electrons. The Hall–Kier alpha value is -1.60. The first kappa shape index (κ1) is 16.8. The van der Waals surface area contributed by atoms with Crippen molar-refractivity contribution in [2.75, 3.05) is 6.61 Å². The van der Waals surface area contributed by atoms with Gasteiger partial charge in [0.2, 0.25) is 0 Å². The lowest BCUT2D eigenvalue weighted by Gasteiger charge is -2.06. The summed E-state index contributed by atoms with van der Waals surface area (Å²) in [7, 11) is 0. The first-order chi connectivity index (χ1) is 10.3. The second-order valence-corrected chi connectivity index (χ2v) is 5.13. The van der Waals surface area contributed by atoms with Crippen molar-refractivity contribution in [2.24, 2.45) is 0 Å². The molecular weight excluding hydrogens is 324 g/mol. The maximum Gasteiger partial charge on any atom is 0.435 e. The summed E-state index contributed by atoms with van der Waals surface area (Å²) < 4.78 is 53.6. The normalized spacial score (nSPS) is 11.9. The molecule has 0 atom stereocenters. The zero-order chi connectivity index (χ0) is 16.3. The molecule has 3 nitrogen and oxygen atoms in total. The third-order valence-electron chi connectivity index (χ3n) is 3.09. The standard InChI is InChI=1S/C14H13ClF4N2O/c15-11-4-1-5-12(16)10(11)8-21-7-9(3-2-6-22)13(20-21)14(17,18)19/h1,4-5,7,22H,2-3,6,8H2. The molecule has 0 aliphatic heterocycles. The van der Waals surface area contributed by atoms with Crippen LogP contribution >= 0.6 is 11.6 Å². The molecule has 2 aromatic rings. The molecule has 0 aliphatic rings. The Kier molecular flexibility index (Phi) is 5.08. The zero-order valence-electron chi connectivity index (χ0n) is 11.4. The molecule has 1 N–H and O–H groups in total. The number of halogens is 5. The van der Waals surface area contributed by atoms with Crippen molar-refractivity contribution < 1.29 is 22.7 Å². The van der Waals surface area contributed by atoms with E-state index in [9.17, 15) is 17.6 Å². The second-order valence-electron chi connectivity index (χ2n) is 4.73. The van der Waals surface area contributed by atoms with Gasteiger partial charge in [0.1, 0.15) is 5.82 Å². The fourth-order valence-corrected chi connectivity index (χ4v) is 2.30. The number of aromatic nitrogens is 2.